The molecule has 39 heavy (non-hydrogen) atoms. The van der Waals surface area contributed by atoms with Crippen LogP contribution in [-0.2, 0) is 13.0 Å². The largest absolute Gasteiger partial charge is 0.391 e. The molecule has 4 N–H and O–H groups in total. The van der Waals surface area contributed by atoms with Gasteiger partial charge in [-0.3, -0.25) is 14.6 Å². The quantitative estimate of drug-likeness (QED) is 0.285. The Balaban J connectivity index is 1.95. The molecule has 7 nitrogen and oxygen atoms in total. The summed E-state index contributed by atoms with van der Waals surface area (Å²) in [4.78, 5) is 31.8. The number of primary amides is 1. The number of hydrogen-bond donors (Lipinski definition) is 3. The second-order valence-corrected chi connectivity index (χ2v) is 9.59. The first kappa shape index (κ1) is 29.9. The van der Waals surface area contributed by atoms with Gasteiger partial charge in [0.2, 0.25) is 0 Å². The fourth-order valence-corrected chi connectivity index (χ4v) is 4.62. The third kappa shape index (κ3) is 8.40. The normalized spacial score (nSPS) is 12.6. The maximum Gasteiger partial charge on any atom is 0.255 e. The van der Waals surface area contributed by atoms with E-state index in [-0.39, 0.29) is 41.3 Å². The number of hydrogen-bond acceptors (Lipinski definition) is 5. The summed E-state index contributed by atoms with van der Waals surface area (Å²) in [7, 11) is 0. The molecule has 2 aromatic carbocycles. The smallest absolute Gasteiger partial charge is 0.255 e. The van der Waals surface area contributed by atoms with Crippen molar-refractivity contribution in [3.63, 3.8) is 0 Å². The van der Waals surface area contributed by atoms with Crippen molar-refractivity contribution in [1.29, 1.82) is 0 Å². The lowest BCUT2D eigenvalue weighted by atomic mass is 9.87. The van der Waals surface area contributed by atoms with E-state index >= 15 is 0 Å². The number of carbonyl (C=O) groups is 2. The highest BCUT2D eigenvalue weighted by Gasteiger charge is 2.29. The van der Waals surface area contributed by atoms with E-state index in [2.05, 4.69) is 10.3 Å². The highest BCUT2D eigenvalue weighted by atomic mass is 19.1. The number of amides is 2. The molecular formula is C30H36F2N4O3. The van der Waals surface area contributed by atoms with Crippen LogP contribution in [0.1, 0.15) is 70.1 Å². The van der Waals surface area contributed by atoms with Crippen LogP contribution in [0.5, 0.6) is 0 Å². The number of aliphatic hydroxyl groups is 1. The molecule has 3 aromatic rings. The molecule has 3 rings (SSSR count). The summed E-state index contributed by atoms with van der Waals surface area (Å²) in [5.41, 5.74) is 7.36. The van der Waals surface area contributed by atoms with Crippen molar-refractivity contribution in [3.05, 3.63) is 100 Å². The van der Waals surface area contributed by atoms with E-state index in [4.69, 9.17) is 5.73 Å². The number of aliphatic hydroxyl groups excluding tert-OH is 1. The molecular weight excluding hydrogens is 502 g/mol. The van der Waals surface area contributed by atoms with Crippen LogP contribution >= 0.6 is 0 Å². The molecule has 208 valence electrons. The molecule has 0 fully saturated rings. The highest BCUT2D eigenvalue weighted by molar-refractivity contribution is 5.99. The molecule has 0 bridgehead atoms. The molecule has 0 aliphatic carbocycles. The van der Waals surface area contributed by atoms with Gasteiger partial charge in [0.15, 0.2) is 0 Å². The zero-order valence-electron chi connectivity index (χ0n) is 22.4. The van der Waals surface area contributed by atoms with E-state index in [0.717, 1.165) is 24.5 Å². The second-order valence-electron chi connectivity index (χ2n) is 9.59. The maximum absolute atomic E-state index is 14.0. The molecule has 9 heteroatoms. The van der Waals surface area contributed by atoms with Gasteiger partial charge in [-0.15, -0.1) is 0 Å². The first-order valence-corrected chi connectivity index (χ1v) is 13.2. The Kier molecular flexibility index (Phi) is 11.1. The number of benzene rings is 2. The van der Waals surface area contributed by atoms with Crippen LogP contribution in [0.25, 0.3) is 0 Å². The third-order valence-electron chi connectivity index (χ3n) is 6.42. The van der Waals surface area contributed by atoms with Crippen LogP contribution in [0.15, 0.2) is 60.8 Å². The molecule has 0 aliphatic rings. The Bertz CT molecular complexity index is 1230. The highest BCUT2D eigenvalue weighted by Crippen LogP contribution is 2.28. The Morgan fingerprint density at radius 2 is 1.64 bits per heavy atom. The Morgan fingerprint density at radius 3 is 2.23 bits per heavy atom. The lowest BCUT2D eigenvalue weighted by molar-refractivity contribution is 0.0755. The van der Waals surface area contributed by atoms with E-state index in [9.17, 15) is 23.5 Å². The summed E-state index contributed by atoms with van der Waals surface area (Å²) in [6, 6.07) is 14.1. The van der Waals surface area contributed by atoms with E-state index in [0.29, 0.717) is 19.6 Å². The standard InChI is InChI=1S/C30H36F2N4O3/c1-3-10-36(11-4-2)30(39)22-15-26(29(33)38)28(35-18-22)25(14-21-12-23(31)16-24(32)13-21)27(37)19-34-17-20-8-6-5-7-9-20/h5-9,12-13,15-16,18,25,27,34,37H,3-4,10-11,14,17,19H2,1-2H3,(H2,33,38)/t25-,27+/m1/s1. The summed E-state index contributed by atoms with van der Waals surface area (Å²) >= 11 is 0. The van der Waals surface area contributed by atoms with Crippen LogP contribution in [0, 0.1) is 11.6 Å². The fraction of sp³-hybridized carbons (Fsp3) is 0.367. The molecule has 0 unspecified atom stereocenters. The first-order valence-electron chi connectivity index (χ1n) is 13.2. The van der Waals surface area contributed by atoms with Crippen LogP contribution in [0.4, 0.5) is 8.78 Å². The summed E-state index contributed by atoms with van der Waals surface area (Å²) < 4.78 is 28.0. The Labute approximate surface area is 228 Å². The van der Waals surface area contributed by atoms with Gasteiger partial charge in [0.1, 0.15) is 11.6 Å². The van der Waals surface area contributed by atoms with E-state index < -0.39 is 29.6 Å². The second kappa shape index (κ2) is 14.5. The summed E-state index contributed by atoms with van der Waals surface area (Å²) in [6.45, 7) is 5.64. The van der Waals surface area contributed by atoms with Crippen molar-refractivity contribution >= 4 is 11.8 Å². The van der Waals surface area contributed by atoms with Gasteiger partial charge in [-0.05, 0) is 48.6 Å². The van der Waals surface area contributed by atoms with Gasteiger partial charge in [-0.1, -0.05) is 44.2 Å². The minimum atomic E-state index is -1.09. The minimum Gasteiger partial charge on any atom is -0.391 e. The first-order chi connectivity index (χ1) is 18.7. The number of halogens is 2. The predicted octanol–water partition coefficient (Wildman–Crippen LogP) is 4.20. The number of rotatable bonds is 14. The Morgan fingerprint density at radius 1 is 1.00 bits per heavy atom. The van der Waals surface area contributed by atoms with Crippen molar-refractivity contribution in [1.82, 2.24) is 15.2 Å². The van der Waals surface area contributed by atoms with Crippen LogP contribution in [0.2, 0.25) is 0 Å². The SMILES string of the molecule is CCCN(CCC)C(=O)c1cnc([C@H](Cc2cc(F)cc(F)c2)[C@@H](O)CNCc2ccccc2)c(C(N)=O)c1. The van der Waals surface area contributed by atoms with Gasteiger partial charge in [0.05, 0.1) is 22.9 Å². The number of nitrogens with zero attached hydrogens (tertiary/aromatic N) is 2. The fourth-order valence-electron chi connectivity index (χ4n) is 4.62. The number of carbonyl (C=O) groups excluding carboxylic acids is 2. The molecule has 0 saturated carbocycles. The molecule has 0 aliphatic heterocycles. The zero-order valence-corrected chi connectivity index (χ0v) is 22.4. The van der Waals surface area contributed by atoms with Crippen molar-refractivity contribution in [2.24, 2.45) is 5.73 Å². The van der Waals surface area contributed by atoms with Gasteiger partial charge in [0, 0.05) is 44.4 Å². The van der Waals surface area contributed by atoms with Crippen molar-refractivity contribution in [2.75, 3.05) is 19.6 Å². The molecule has 0 radical (unpaired) electrons. The Hall–Kier alpha value is -3.69. The zero-order chi connectivity index (χ0) is 28.4. The molecule has 0 spiro atoms. The lowest BCUT2D eigenvalue weighted by Gasteiger charge is -2.26. The average molecular weight is 539 g/mol. The van der Waals surface area contributed by atoms with Crippen molar-refractivity contribution in [2.45, 2.75) is 51.7 Å². The molecule has 0 saturated heterocycles. The van der Waals surface area contributed by atoms with Crippen LogP contribution in [-0.4, -0.2) is 52.5 Å². The lowest BCUT2D eigenvalue weighted by Crippen LogP contribution is -2.35. The van der Waals surface area contributed by atoms with Gasteiger partial charge in [-0.2, -0.15) is 0 Å². The van der Waals surface area contributed by atoms with Gasteiger partial charge in [-0.25, -0.2) is 8.78 Å². The van der Waals surface area contributed by atoms with Crippen LogP contribution < -0.4 is 11.1 Å². The van der Waals surface area contributed by atoms with E-state index in [1.54, 1.807) is 4.90 Å². The summed E-state index contributed by atoms with van der Waals surface area (Å²) in [6.07, 6.45) is 1.80. The summed E-state index contributed by atoms with van der Waals surface area (Å²) in [5, 5.41) is 14.4. The molecule has 2 amide bonds. The number of nitrogens with one attached hydrogen (secondary N) is 1. The third-order valence-corrected chi connectivity index (χ3v) is 6.42. The average Bonchev–Trinajstić information content (AvgIpc) is 2.91. The number of pyridine rings is 1. The predicted molar refractivity (Wildman–Crippen MR) is 146 cm³/mol. The van der Waals surface area contributed by atoms with Crippen LogP contribution in [0.3, 0.4) is 0 Å². The monoisotopic (exact) mass is 538 g/mol. The van der Waals surface area contributed by atoms with Gasteiger partial charge in [0.25, 0.3) is 11.8 Å². The molecule has 1 aromatic heterocycles. The van der Waals surface area contributed by atoms with E-state index in [1.165, 1.54) is 24.4 Å². The number of nitrogens with two attached hydrogens (primary N) is 1. The van der Waals surface area contributed by atoms with Gasteiger partial charge < -0.3 is 21.1 Å². The maximum atomic E-state index is 14.0. The van der Waals surface area contributed by atoms with Crippen molar-refractivity contribution in [3.8, 4) is 0 Å². The topological polar surface area (TPSA) is 109 Å². The molecule has 1 heterocycles. The minimum absolute atomic E-state index is 0.0127. The van der Waals surface area contributed by atoms with E-state index in [1.807, 2.05) is 44.2 Å². The summed E-state index contributed by atoms with van der Waals surface area (Å²) in [5.74, 6) is -3.44. The molecule has 2 atom stereocenters. The van der Waals surface area contributed by atoms with Gasteiger partial charge >= 0.3 is 0 Å². The number of aromatic nitrogens is 1. The van der Waals surface area contributed by atoms with Crippen molar-refractivity contribution < 1.29 is 23.5 Å².